The molecule has 3 aromatic rings. The summed E-state index contributed by atoms with van der Waals surface area (Å²) >= 11 is 0. The third-order valence-corrected chi connectivity index (χ3v) is 2.01. The van der Waals surface area contributed by atoms with E-state index >= 15 is 0 Å². The van der Waals surface area contributed by atoms with Crippen LogP contribution in [0.2, 0.25) is 0 Å². The normalized spacial score (nSPS) is 10.3. The van der Waals surface area contributed by atoms with Crippen molar-refractivity contribution in [3.63, 3.8) is 0 Å². The van der Waals surface area contributed by atoms with E-state index in [0.717, 1.165) is 0 Å². The van der Waals surface area contributed by atoms with Gasteiger partial charge in [-0.2, -0.15) is 4.98 Å². The van der Waals surface area contributed by atoms with E-state index in [1.54, 1.807) is 0 Å². The van der Waals surface area contributed by atoms with Crippen LogP contribution in [-0.4, -0.2) is 58.6 Å². The van der Waals surface area contributed by atoms with Crippen LogP contribution in [0.3, 0.4) is 0 Å². The molecule has 15 heteroatoms. The van der Waals surface area contributed by atoms with Crippen LogP contribution in [0.25, 0.3) is 0 Å². The number of hydrogen-bond donors (Lipinski definition) is 5. The third-order valence-electron chi connectivity index (χ3n) is 2.01. The van der Waals surface area contributed by atoms with Crippen LogP contribution >= 0.6 is 0 Å². The number of aromatic amines is 2. The summed E-state index contributed by atoms with van der Waals surface area (Å²) in [4.78, 5) is 7.60. The highest BCUT2D eigenvalue weighted by Crippen LogP contribution is 2.10. The van der Waals surface area contributed by atoms with Gasteiger partial charge in [0.25, 0.3) is 23.8 Å². The zero-order valence-electron chi connectivity index (χ0n) is 10.1. The second-order valence-corrected chi connectivity index (χ2v) is 3.44. The standard InChI is InChI=1S/C6H5BN14/c7-1-9-2(15-14-1)11-5-18-20-6(21-19-5)12-3-10-4(13-8)17-16-3/h8H,(H2,9,11,14,15,18,19)(H2,10,12,16,17,20,21). The van der Waals surface area contributed by atoms with Crippen LogP contribution in [0, 0.1) is 5.53 Å². The maximum absolute atomic E-state index is 6.75. The number of anilines is 4. The lowest BCUT2D eigenvalue weighted by atomic mass is 10.1. The van der Waals surface area contributed by atoms with Crippen molar-refractivity contribution < 1.29 is 0 Å². The zero-order chi connectivity index (χ0) is 14.7. The molecule has 0 unspecified atom stereocenters. The molecule has 14 nitrogen and oxygen atoms in total. The lowest BCUT2D eigenvalue weighted by Crippen LogP contribution is -2.08. The highest BCUT2D eigenvalue weighted by molar-refractivity contribution is 6.29. The van der Waals surface area contributed by atoms with Crippen LogP contribution in [0.5, 0.6) is 0 Å². The SMILES string of the molecule is [B]c1nc(Nc2nnc(Nc3n[nH]c(N=N)n3)nn2)n[nH]1. The monoisotopic (exact) mass is 284 g/mol. The Hall–Kier alpha value is -3.52. The summed E-state index contributed by atoms with van der Waals surface area (Å²) in [6, 6.07) is 0. The summed E-state index contributed by atoms with van der Waals surface area (Å²) in [5.74, 6) is 0.500. The Bertz CT molecular complexity index is 743. The number of nitrogens with one attached hydrogen (secondary N) is 5. The van der Waals surface area contributed by atoms with Crippen molar-refractivity contribution in [2.75, 3.05) is 10.6 Å². The molecule has 102 valence electrons. The summed E-state index contributed by atoms with van der Waals surface area (Å²) in [7, 11) is 5.37. The Morgan fingerprint density at radius 2 is 1.43 bits per heavy atom. The van der Waals surface area contributed by atoms with Crippen molar-refractivity contribution in [3.05, 3.63) is 0 Å². The molecule has 0 saturated carbocycles. The van der Waals surface area contributed by atoms with Crippen LogP contribution in [0.1, 0.15) is 0 Å². The molecule has 0 bridgehead atoms. The van der Waals surface area contributed by atoms with Crippen LogP contribution in [0.4, 0.5) is 29.7 Å². The van der Waals surface area contributed by atoms with E-state index in [0.29, 0.717) is 0 Å². The van der Waals surface area contributed by atoms with Gasteiger partial charge in [0.1, 0.15) is 0 Å². The minimum Gasteiger partial charge on any atom is -0.289 e. The van der Waals surface area contributed by atoms with Crippen molar-refractivity contribution >= 4 is 43.3 Å². The number of aromatic nitrogens is 10. The molecule has 3 rings (SSSR count). The molecule has 0 aliphatic heterocycles. The van der Waals surface area contributed by atoms with Crippen molar-refractivity contribution in [2.45, 2.75) is 0 Å². The first-order valence-corrected chi connectivity index (χ1v) is 5.32. The lowest BCUT2D eigenvalue weighted by Gasteiger charge is -1.99. The number of nitrogens with zero attached hydrogens (tertiary/aromatic N) is 9. The van der Waals surface area contributed by atoms with Crippen molar-refractivity contribution in [1.82, 2.24) is 50.8 Å². The van der Waals surface area contributed by atoms with E-state index in [1.807, 2.05) is 0 Å². The minimum absolute atomic E-state index is 0.0406. The number of hydrogen-bond acceptors (Lipinski definition) is 12. The molecule has 5 N–H and O–H groups in total. The molecule has 0 aromatic carbocycles. The Morgan fingerprint density at radius 1 is 0.857 bits per heavy atom. The van der Waals surface area contributed by atoms with Gasteiger partial charge in [0.15, 0.2) is 7.85 Å². The molecule has 0 atom stereocenters. The van der Waals surface area contributed by atoms with E-state index in [1.165, 1.54) is 0 Å². The minimum atomic E-state index is 0.0406. The molecule has 0 aliphatic carbocycles. The quantitative estimate of drug-likeness (QED) is 0.270. The largest absolute Gasteiger partial charge is 0.289 e. The molecule has 21 heavy (non-hydrogen) atoms. The van der Waals surface area contributed by atoms with E-state index in [9.17, 15) is 0 Å². The van der Waals surface area contributed by atoms with Gasteiger partial charge in [-0.25, -0.2) is 15.6 Å². The maximum Gasteiger partial charge on any atom is 0.269 e. The molecule has 2 radical (unpaired) electrons. The van der Waals surface area contributed by atoms with Gasteiger partial charge in [0.2, 0.25) is 5.95 Å². The van der Waals surface area contributed by atoms with Gasteiger partial charge in [0.05, 0.1) is 5.72 Å². The van der Waals surface area contributed by atoms with Crippen molar-refractivity contribution in [1.29, 1.82) is 5.53 Å². The van der Waals surface area contributed by atoms with Crippen molar-refractivity contribution in [3.8, 4) is 0 Å². The molecule has 0 aliphatic rings. The van der Waals surface area contributed by atoms with E-state index in [4.69, 9.17) is 13.4 Å². The summed E-state index contributed by atoms with van der Waals surface area (Å²) in [6.07, 6.45) is 0. The first-order valence-electron chi connectivity index (χ1n) is 5.32. The second-order valence-electron chi connectivity index (χ2n) is 3.44. The maximum atomic E-state index is 6.75. The van der Waals surface area contributed by atoms with Crippen LogP contribution < -0.4 is 16.4 Å². The summed E-state index contributed by atoms with van der Waals surface area (Å²) in [5.41, 5.74) is 6.90. The van der Waals surface area contributed by atoms with Crippen LogP contribution in [0.15, 0.2) is 5.11 Å². The van der Waals surface area contributed by atoms with Gasteiger partial charge in [-0.05, 0) is 0 Å². The Labute approximate surface area is 116 Å². The van der Waals surface area contributed by atoms with E-state index in [2.05, 4.69) is 66.5 Å². The topological polar surface area (TPSA) is 195 Å². The zero-order valence-corrected chi connectivity index (χ0v) is 10.1. The predicted octanol–water partition coefficient (Wildman–Crippen LogP) is -1.55. The molecule has 0 amide bonds. The van der Waals surface area contributed by atoms with Gasteiger partial charge in [-0.3, -0.25) is 15.7 Å². The van der Waals surface area contributed by atoms with Gasteiger partial charge in [0, 0.05) is 0 Å². The highest BCUT2D eigenvalue weighted by atomic mass is 15.4. The second kappa shape index (κ2) is 5.23. The van der Waals surface area contributed by atoms with E-state index < -0.39 is 0 Å². The number of H-pyrrole nitrogens is 2. The molecule has 0 fully saturated rings. The van der Waals surface area contributed by atoms with E-state index in [-0.39, 0.29) is 35.5 Å². The molecule has 3 aromatic heterocycles. The Kier molecular flexibility index (Phi) is 3.12. The lowest BCUT2D eigenvalue weighted by molar-refractivity contribution is 0.869. The predicted molar refractivity (Wildman–Crippen MR) is 67.1 cm³/mol. The summed E-state index contributed by atoms with van der Waals surface area (Å²) < 4.78 is 0. The van der Waals surface area contributed by atoms with Gasteiger partial charge < -0.3 is 0 Å². The number of rotatable bonds is 5. The fourth-order valence-electron chi connectivity index (χ4n) is 1.22. The molecule has 3 heterocycles. The first kappa shape index (κ1) is 12.5. The molecule has 0 spiro atoms. The third kappa shape index (κ3) is 2.91. The smallest absolute Gasteiger partial charge is 0.269 e. The summed E-state index contributed by atoms with van der Waals surface area (Å²) in [6.45, 7) is 0. The Balaban J connectivity index is 1.67. The highest BCUT2D eigenvalue weighted by Gasteiger charge is 2.07. The molecular weight excluding hydrogens is 279 g/mol. The fourth-order valence-corrected chi connectivity index (χ4v) is 1.22. The van der Waals surface area contributed by atoms with Gasteiger partial charge in [-0.15, -0.1) is 35.7 Å². The summed E-state index contributed by atoms with van der Waals surface area (Å²) in [5, 5.41) is 35.6. The molecule has 0 saturated heterocycles. The van der Waals surface area contributed by atoms with Crippen LogP contribution in [-0.2, 0) is 0 Å². The first-order chi connectivity index (χ1) is 10.2. The van der Waals surface area contributed by atoms with Crippen molar-refractivity contribution in [2.24, 2.45) is 5.11 Å². The average molecular weight is 284 g/mol. The average Bonchev–Trinajstić information content (AvgIpc) is 3.10. The van der Waals surface area contributed by atoms with Gasteiger partial charge >= 0.3 is 0 Å². The fraction of sp³-hybridized carbons (Fsp3) is 0. The molecular formula is C6H5BN14. The van der Waals surface area contributed by atoms with Gasteiger partial charge in [-0.1, -0.05) is 0 Å². The Morgan fingerprint density at radius 3 is 1.90 bits per heavy atom.